The summed E-state index contributed by atoms with van der Waals surface area (Å²) in [6.07, 6.45) is 1.48. The molecular weight excluding hydrogens is 320 g/mol. The molecule has 0 aliphatic carbocycles. The lowest BCUT2D eigenvalue weighted by Gasteiger charge is -2.26. The van der Waals surface area contributed by atoms with E-state index >= 15 is 0 Å². The highest BCUT2D eigenvalue weighted by atomic mass is 32.2. The lowest BCUT2D eigenvalue weighted by atomic mass is 9.96. The van der Waals surface area contributed by atoms with Crippen molar-refractivity contribution in [3.05, 3.63) is 77.0 Å². The fourth-order valence-corrected chi connectivity index (χ4v) is 6.42. The van der Waals surface area contributed by atoms with Crippen molar-refractivity contribution in [1.29, 1.82) is 0 Å². The Morgan fingerprint density at radius 3 is 2.08 bits per heavy atom. The van der Waals surface area contributed by atoms with Gasteiger partial charge in [-0.15, -0.1) is 0 Å². The first-order valence-corrected chi connectivity index (χ1v) is 9.75. The van der Waals surface area contributed by atoms with Crippen molar-refractivity contribution in [2.24, 2.45) is 0 Å². The fraction of sp³-hybridized carbons (Fsp3) is 0.368. The molecule has 0 radical (unpaired) electrons. The summed E-state index contributed by atoms with van der Waals surface area (Å²) in [4.78, 5) is 0. The molecule has 126 valence electrons. The molecule has 6 atom stereocenters. The van der Waals surface area contributed by atoms with E-state index in [0.717, 1.165) is 12.0 Å². The summed E-state index contributed by atoms with van der Waals surface area (Å²) in [5.41, 5.74) is 2.35. The monoisotopic (exact) mass is 342 g/mol. The van der Waals surface area contributed by atoms with Crippen molar-refractivity contribution in [2.45, 2.75) is 35.4 Å². The normalized spacial score (nSPS) is 35.0. The molecule has 2 N–H and O–H groups in total. The average molecular weight is 342 g/mol. The third-order valence-electron chi connectivity index (χ3n) is 5.23. The van der Waals surface area contributed by atoms with Crippen LogP contribution in [-0.2, 0) is 23.6 Å². The van der Waals surface area contributed by atoms with Crippen LogP contribution in [0.4, 0.5) is 0 Å². The predicted molar refractivity (Wildman–Crippen MR) is 95.9 cm³/mol. The number of nitrogens with one attached hydrogen (secondary N) is 2. The van der Waals surface area contributed by atoms with Gasteiger partial charge in [-0.25, -0.2) is 0 Å². The lowest BCUT2D eigenvalue weighted by molar-refractivity contribution is -0.861. The van der Waals surface area contributed by atoms with Crippen LogP contribution in [0.3, 0.4) is 0 Å². The Morgan fingerprint density at radius 2 is 1.50 bits per heavy atom. The van der Waals surface area contributed by atoms with E-state index in [0.29, 0.717) is 13.1 Å². The second-order valence-electron chi connectivity index (χ2n) is 6.68. The molecule has 2 saturated heterocycles. The van der Waals surface area contributed by atoms with Crippen LogP contribution in [0.2, 0.25) is 0 Å². The molecule has 2 aliphatic heterocycles. The Kier molecular flexibility index (Phi) is 4.50. The summed E-state index contributed by atoms with van der Waals surface area (Å²) in [7, 11) is -1.01. The molecule has 4 rings (SSSR count). The van der Waals surface area contributed by atoms with E-state index in [1.165, 1.54) is 5.56 Å². The molecule has 2 fully saturated rings. The van der Waals surface area contributed by atoms with Gasteiger partial charge in [0.1, 0.15) is 12.7 Å². The number of hydroxylamine groups is 2. The Hall–Kier alpha value is -1.53. The molecule has 5 heteroatoms. The van der Waals surface area contributed by atoms with E-state index in [2.05, 4.69) is 29.6 Å². The Bertz CT molecular complexity index is 710. The summed E-state index contributed by atoms with van der Waals surface area (Å²) < 4.78 is 13.2. The fourth-order valence-electron chi connectivity index (χ4n) is 4.09. The van der Waals surface area contributed by atoms with Crippen molar-refractivity contribution in [1.82, 2.24) is 5.32 Å². The smallest absolute Gasteiger partial charge is 0.131 e. The van der Waals surface area contributed by atoms with Crippen molar-refractivity contribution < 1.29 is 9.27 Å². The van der Waals surface area contributed by atoms with Gasteiger partial charge in [0.15, 0.2) is 0 Å². The molecule has 0 amide bonds. The first kappa shape index (κ1) is 16.0. The van der Waals surface area contributed by atoms with Crippen LogP contribution >= 0.6 is 0 Å². The molecule has 0 spiro atoms. The zero-order chi connectivity index (χ0) is 16.5. The number of hydrogen-bond donors (Lipinski definition) is 2. The summed E-state index contributed by atoms with van der Waals surface area (Å²) >= 11 is 0. The predicted octanol–water partition coefficient (Wildman–Crippen LogP) is 0.652. The van der Waals surface area contributed by atoms with E-state index in [-0.39, 0.29) is 27.6 Å². The SMILES string of the molecule is O=S1C(Cc2ccccc2)C2NC[NH+]([O-])C2C1Cc1ccccc1. The number of fused-ring (bicyclic) bond motifs is 1. The standard InChI is InChI=1S/C19H22N2O2S/c22-21-13-20-18-16(11-14-7-3-1-4-8-14)24(23)17(19(18)21)12-15-9-5-2-6-10-15/h1-10,16-21H,11-13H2. The largest absolute Gasteiger partial charge is 0.633 e. The molecule has 2 aromatic rings. The van der Waals surface area contributed by atoms with Crippen LogP contribution in [0.25, 0.3) is 0 Å². The molecular formula is C19H22N2O2S. The Morgan fingerprint density at radius 1 is 0.958 bits per heavy atom. The maximum Gasteiger partial charge on any atom is 0.131 e. The minimum absolute atomic E-state index is 0.0116. The minimum Gasteiger partial charge on any atom is -0.633 e. The highest BCUT2D eigenvalue weighted by molar-refractivity contribution is 7.86. The van der Waals surface area contributed by atoms with Crippen molar-refractivity contribution >= 4 is 10.8 Å². The van der Waals surface area contributed by atoms with Gasteiger partial charge >= 0.3 is 0 Å². The van der Waals surface area contributed by atoms with Gasteiger partial charge < -0.3 is 10.3 Å². The second kappa shape index (κ2) is 6.76. The van der Waals surface area contributed by atoms with E-state index < -0.39 is 10.8 Å². The summed E-state index contributed by atoms with van der Waals surface area (Å²) in [5.74, 6) is 0. The molecule has 24 heavy (non-hydrogen) atoms. The highest BCUT2D eigenvalue weighted by Gasteiger charge is 2.55. The molecule has 0 saturated carbocycles. The van der Waals surface area contributed by atoms with Gasteiger partial charge in [0.05, 0.1) is 16.5 Å². The van der Waals surface area contributed by atoms with Crippen LogP contribution in [0, 0.1) is 5.21 Å². The Labute approximate surface area is 144 Å². The first-order valence-electron chi connectivity index (χ1n) is 8.47. The summed E-state index contributed by atoms with van der Waals surface area (Å²) in [6, 6.07) is 20.2. The van der Waals surface area contributed by atoms with Crippen LogP contribution in [0.15, 0.2) is 60.7 Å². The van der Waals surface area contributed by atoms with Crippen molar-refractivity contribution in [3.63, 3.8) is 0 Å². The first-order chi connectivity index (χ1) is 11.7. The van der Waals surface area contributed by atoms with E-state index in [4.69, 9.17) is 0 Å². The van der Waals surface area contributed by atoms with Crippen molar-refractivity contribution in [3.8, 4) is 0 Å². The summed E-state index contributed by atoms with van der Waals surface area (Å²) in [6.45, 7) is 0.420. The third-order valence-corrected chi connectivity index (χ3v) is 7.34. The zero-order valence-corrected chi connectivity index (χ0v) is 14.2. The van der Waals surface area contributed by atoms with Crippen LogP contribution in [0.5, 0.6) is 0 Å². The number of quaternary nitrogens is 1. The maximum atomic E-state index is 13.2. The molecule has 0 bridgehead atoms. The lowest BCUT2D eigenvalue weighted by Crippen LogP contribution is -3.11. The van der Waals surface area contributed by atoms with Crippen LogP contribution in [0.1, 0.15) is 11.1 Å². The maximum absolute atomic E-state index is 13.2. The minimum atomic E-state index is -1.01. The van der Waals surface area contributed by atoms with Crippen LogP contribution < -0.4 is 10.4 Å². The van der Waals surface area contributed by atoms with E-state index in [1.807, 2.05) is 36.4 Å². The molecule has 4 nitrogen and oxygen atoms in total. The van der Waals surface area contributed by atoms with Gasteiger partial charge in [0.2, 0.25) is 0 Å². The molecule has 0 aromatic heterocycles. The van der Waals surface area contributed by atoms with Crippen LogP contribution in [-0.4, -0.2) is 33.5 Å². The quantitative estimate of drug-likeness (QED) is 0.803. The second-order valence-corrected chi connectivity index (χ2v) is 8.55. The topological polar surface area (TPSA) is 56.6 Å². The number of rotatable bonds is 4. The van der Waals surface area contributed by atoms with Gasteiger partial charge in [-0.2, -0.15) is 0 Å². The molecule has 2 heterocycles. The molecule has 2 aromatic carbocycles. The Balaban J connectivity index is 1.59. The van der Waals surface area contributed by atoms with Gasteiger partial charge in [-0.3, -0.25) is 9.53 Å². The molecule has 2 aliphatic rings. The number of hydrogen-bond acceptors (Lipinski definition) is 3. The molecule has 6 unspecified atom stereocenters. The van der Waals surface area contributed by atoms with Gasteiger partial charge in [-0.05, 0) is 24.0 Å². The van der Waals surface area contributed by atoms with Gasteiger partial charge in [-0.1, -0.05) is 60.7 Å². The van der Waals surface area contributed by atoms with Gasteiger partial charge in [0.25, 0.3) is 0 Å². The zero-order valence-electron chi connectivity index (χ0n) is 13.4. The van der Waals surface area contributed by atoms with Crippen molar-refractivity contribution in [2.75, 3.05) is 6.67 Å². The summed E-state index contributed by atoms with van der Waals surface area (Å²) in [5, 5.41) is 15.9. The third kappa shape index (κ3) is 2.93. The number of benzene rings is 2. The van der Waals surface area contributed by atoms with Gasteiger partial charge in [0, 0.05) is 10.8 Å². The van der Waals surface area contributed by atoms with E-state index in [1.54, 1.807) is 0 Å². The van der Waals surface area contributed by atoms with E-state index in [9.17, 15) is 9.42 Å². The highest BCUT2D eigenvalue weighted by Crippen LogP contribution is 2.30. The average Bonchev–Trinajstić information content (AvgIpc) is 3.11.